The zero-order chi connectivity index (χ0) is 13.9. The van der Waals surface area contributed by atoms with E-state index in [1.54, 1.807) is 36.4 Å². The van der Waals surface area contributed by atoms with Gasteiger partial charge in [0.2, 0.25) is 0 Å². The molecule has 98 valence electrons. The standard InChI is InChI=1S/C13H11NO3S2/c1-19(16,17)12-5-3-11(4-6-12)18-13-7-2-10(9-15)8-14-13/h2-9H,1H3. The molecule has 0 saturated heterocycles. The van der Waals surface area contributed by atoms with E-state index in [-0.39, 0.29) is 0 Å². The van der Waals surface area contributed by atoms with Gasteiger partial charge in [0.05, 0.1) is 4.90 Å². The van der Waals surface area contributed by atoms with E-state index in [2.05, 4.69) is 4.98 Å². The highest BCUT2D eigenvalue weighted by atomic mass is 32.2. The SMILES string of the molecule is CS(=O)(=O)c1ccc(Sc2ccc(C=O)cn2)cc1. The van der Waals surface area contributed by atoms with Crippen LogP contribution < -0.4 is 0 Å². The number of aromatic nitrogens is 1. The molecule has 1 aromatic carbocycles. The van der Waals surface area contributed by atoms with E-state index in [4.69, 9.17) is 0 Å². The molecule has 0 saturated carbocycles. The van der Waals surface area contributed by atoms with Gasteiger partial charge in [-0.25, -0.2) is 13.4 Å². The molecular formula is C13H11NO3S2. The number of nitrogens with zero attached hydrogens (tertiary/aromatic N) is 1. The van der Waals surface area contributed by atoms with Gasteiger partial charge >= 0.3 is 0 Å². The maximum Gasteiger partial charge on any atom is 0.175 e. The van der Waals surface area contributed by atoms with Crippen LogP contribution in [-0.2, 0) is 9.84 Å². The average Bonchev–Trinajstić information content (AvgIpc) is 2.39. The summed E-state index contributed by atoms with van der Waals surface area (Å²) in [4.78, 5) is 15.8. The van der Waals surface area contributed by atoms with E-state index in [1.807, 2.05) is 0 Å². The van der Waals surface area contributed by atoms with Crippen molar-refractivity contribution in [3.8, 4) is 0 Å². The van der Waals surface area contributed by atoms with Gasteiger partial charge in [-0.05, 0) is 36.4 Å². The molecule has 2 aromatic rings. The van der Waals surface area contributed by atoms with Crippen LogP contribution in [0.2, 0.25) is 0 Å². The molecule has 0 aliphatic carbocycles. The first kappa shape index (κ1) is 13.8. The minimum absolute atomic E-state index is 0.293. The number of carbonyl (C=O) groups is 1. The van der Waals surface area contributed by atoms with Crippen molar-refractivity contribution >= 4 is 27.9 Å². The Kier molecular flexibility index (Phi) is 4.01. The summed E-state index contributed by atoms with van der Waals surface area (Å²) in [5.74, 6) is 0. The van der Waals surface area contributed by atoms with Crippen LogP contribution >= 0.6 is 11.8 Å². The van der Waals surface area contributed by atoms with Crippen molar-refractivity contribution in [2.75, 3.05) is 6.26 Å². The van der Waals surface area contributed by atoms with Crippen LogP contribution in [0.3, 0.4) is 0 Å². The molecule has 1 heterocycles. The Bertz CT molecular complexity index is 677. The van der Waals surface area contributed by atoms with Gasteiger partial charge < -0.3 is 0 Å². The van der Waals surface area contributed by atoms with Crippen molar-refractivity contribution < 1.29 is 13.2 Å². The largest absolute Gasteiger partial charge is 0.298 e. The van der Waals surface area contributed by atoms with Crippen molar-refractivity contribution in [2.45, 2.75) is 14.8 Å². The van der Waals surface area contributed by atoms with E-state index < -0.39 is 9.84 Å². The first-order chi connectivity index (χ1) is 8.99. The molecule has 0 spiro atoms. The normalized spacial score (nSPS) is 11.2. The first-order valence-electron chi connectivity index (χ1n) is 5.38. The number of benzene rings is 1. The average molecular weight is 293 g/mol. The molecule has 0 amide bonds. The predicted octanol–water partition coefficient (Wildman–Crippen LogP) is 2.45. The molecule has 0 aliphatic heterocycles. The van der Waals surface area contributed by atoms with Gasteiger partial charge in [-0.3, -0.25) is 4.79 Å². The van der Waals surface area contributed by atoms with Crippen molar-refractivity contribution in [1.29, 1.82) is 0 Å². The Morgan fingerprint density at radius 2 is 1.79 bits per heavy atom. The van der Waals surface area contributed by atoms with E-state index in [0.717, 1.165) is 16.2 Å². The summed E-state index contributed by atoms with van der Waals surface area (Å²) in [6.07, 6.45) is 3.41. The molecule has 2 rings (SSSR count). The lowest BCUT2D eigenvalue weighted by atomic mass is 10.3. The van der Waals surface area contributed by atoms with Crippen LogP contribution in [0.5, 0.6) is 0 Å². The molecule has 0 fully saturated rings. The third-order valence-corrected chi connectivity index (χ3v) is 4.46. The number of hydrogen-bond acceptors (Lipinski definition) is 5. The van der Waals surface area contributed by atoms with E-state index in [0.29, 0.717) is 10.5 Å². The number of pyridine rings is 1. The molecule has 0 atom stereocenters. The summed E-state index contributed by atoms with van der Waals surface area (Å²) in [5, 5.41) is 0.748. The molecular weight excluding hydrogens is 282 g/mol. The van der Waals surface area contributed by atoms with Crippen LogP contribution in [0.1, 0.15) is 10.4 Å². The predicted molar refractivity (Wildman–Crippen MR) is 73.3 cm³/mol. The number of carbonyl (C=O) groups excluding carboxylic acids is 1. The summed E-state index contributed by atoms with van der Waals surface area (Å²) in [6, 6.07) is 10.0. The van der Waals surface area contributed by atoms with E-state index in [9.17, 15) is 13.2 Å². The van der Waals surface area contributed by atoms with Gasteiger partial charge in [0.15, 0.2) is 16.1 Å². The van der Waals surface area contributed by atoms with Crippen molar-refractivity contribution in [3.05, 3.63) is 48.2 Å². The summed E-state index contributed by atoms with van der Waals surface area (Å²) < 4.78 is 22.6. The van der Waals surface area contributed by atoms with Crippen molar-refractivity contribution in [2.24, 2.45) is 0 Å². The smallest absolute Gasteiger partial charge is 0.175 e. The summed E-state index contributed by atoms with van der Waals surface area (Å²) in [7, 11) is -3.17. The second-order valence-corrected chi connectivity index (χ2v) is 7.00. The molecule has 6 heteroatoms. The monoisotopic (exact) mass is 293 g/mol. The Morgan fingerprint density at radius 1 is 1.11 bits per heavy atom. The highest BCUT2D eigenvalue weighted by Gasteiger charge is 2.06. The van der Waals surface area contributed by atoms with Gasteiger partial charge in [-0.1, -0.05) is 11.8 Å². The molecule has 0 bridgehead atoms. The molecule has 0 aliphatic rings. The zero-order valence-corrected chi connectivity index (χ0v) is 11.7. The minimum atomic E-state index is -3.17. The first-order valence-corrected chi connectivity index (χ1v) is 8.09. The Morgan fingerprint density at radius 3 is 2.26 bits per heavy atom. The lowest BCUT2D eigenvalue weighted by Crippen LogP contribution is -1.95. The second kappa shape index (κ2) is 5.54. The lowest BCUT2D eigenvalue weighted by molar-refractivity contribution is 0.112. The van der Waals surface area contributed by atoms with Gasteiger partial charge in [0.25, 0.3) is 0 Å². The number of aldehydes is 1. The fourth-order valence-electron chi connectivity index (χ4n) is 1.40. The van der Waals surface area contributed by atoms with Crippen LogP contribution in [0.15, 0.2) is 57.4 Å². The Labute approximate surface area is 115 Å². The maximum atomic E-state index is 11.3. The highest BCUT2D eigenvalue weighted by Crippen LogP contribution is 2.26. The third kappa shape index (κ3) is 3.65. The Hall–Kier alpha value is -1.66. The lowest BCUT2D eigenvalue weighted by Gasteiger charge is -2.02. The number of hydrogen-bond donors (Lipinski definition) is 0. The van der Waals surface area contributed by atoms with Crippen LogP contribution in [-0.4, -0.2) is 25.9 Å². The zero-order valence-electron chi connectivity index (χ0n) is 10.1. The van der Waals surface area contributed by atoms with Crippen LogP contribution in [0.4, 0.5) is 0 Å². The van der Waals surface area contributed by atoms with Gasteiger partial charge in [-0.15, -0.1) is 0 Å². The summed E-state index contributed by atoms with van der Waals surface area (Å²) in [6.45, 7) is 0. The number of rotatable bonds is 4. The Balaban J connectivity index is 2.17. The summed E-state index contributed by atoms with van der Waals surface area (Å²) >= 11 is 1.40. The van der Waals surface area contributed by atoms with Crippen molar-refractivity contribution in [3.63, 3.8) is 0 Å². The summed E-state index contributed by atoms with van der Waals surface area (Å²) in [5.41, 5.74) is 0.525. The second-order valence-electron chi connectivity index (χ2n) is 3.89. The number of sulfone groups is 1. The van der Waals surface area contributed by atoms with Gasteiger partial charge in [-0.2, -0.15) is 0 Å². The van der Waals surface area contributed by atoms with Crippen LogP contribution in [0.25, 0.3) is 0 Å². The quantitative estimate of drug-likeness (QED) is 0.810. The van der Waals surface area contributed by atoms with E-state index >= 15 is 0 Å². The molecule has 0 unspecified atom stereocenters. The van der Waals surface area contributed by atoms with E-state index in [1.165, 1.54) is 24.2 Å². The fraction of sp³-hybridized carbons (Fsp3) is 0.0769. The maximum absolute atomic E-state index is 11.3. The van der Waals surface area contributed by atoms with Crippen LogP contribution in [0, 0.1) is 0 Å². The molecule has 1 aromatic heterocycles. The molecule has 0 radical (unpaired) electrons. The highest BCUT2D eigenvalue weighted by molar-refractivity contribution is 7.99. The molecule has 4 nitrogen and oxygen atoms in total. The minimum Gasteiger partial charge on any atom is -0.298 e. The molecule has 19 heavy (non-hydrogen) atoms. The fourth-order valence-corrected chi connectivity index (χ4v) is 2.78. The van der Waals surface area contributed by atoms with Gasteiger partial charge in [0.1, 0.15) is 5.03 Å². The van der Waals surface area contributed by atoms with Crippen molar-refractivity contribution in [1.82, 2.24) is 4.98 Å². The third-order valence-electron chi connectivity index (χ3n) is 2.37. The van der Waals surface area contributed by atoms with Gasteiger partial charge in [0, 0.05) is 22.9 Å². The topological polar surface area (TPSA) is 64.1 Å². The molecule has 0 N–H and O–H groups in total.